The van der Waals surface area contributed by atoms with Crippen molar-refractivity contribution >= 4 is 11.8 Å². The van der Waals surface area contributed by atoms with Crippen molar-refractivity contribution in [3.63, 3.8) is 0 Å². The summed E-state index contributed by atoms with van der Waals surface area (Å²) in [5.41, 5.74) is 1.31. The van der Waals surface area contributed by atoms with E-state index in [0.29, 0.717) is 0 Å². The molecule has 2 rings (SSSR count). The molecule has 1 saturated heterocycles. The number of rotatable bonds is 5. The molecule has 0 radical (unpaired) electrons. The first kappa shape index (κ1) is 11.9. The van der Waals surface area contributed by atoms with Crippen LogP contribution >= 0.6 is 11.8 Å². The molecule has 1 aliphatic rings. The minimum atomic E-state index is 0.950. The van der Waals surface area contributed by atoms with Crippen molar-refractivity contribution in [2.75, 3.05) is 37.7 Å². The highest BCUT2D eigenvalue weighted by Gasteiger charge is 2.08. The van der Waals surface area contributed by atoms with E-state index < -0.39 is 0 Å². The third-order valence-corrected chi connectivity index (χ3v) is 3.73. The maximum Gasteiger partial charge on any atom is 0.0271 e. The molecule has 0 saturated carbocycles. The van der Waals surface area contributed by atoms with Gasteiger partial charge in [-0.1, -0.05) is 0 Å². The first-order chi connectivity index (χ1) is 7.95. The van der Waals surface area contributed by atoms with Crippen molar-refractivity contribution < 1.29 is 0 Å². The normalized spacial score (nSPS) is 17.5. The van der Waals surface area contributed by atoms with Crippen molar-refractivity contribution in [2.24, 2.45) is 0 Å². The predicted octanol–water partition coefficient (Wildman–Crippen LogP) is 1.22. The topological polar surface area (TPSA) is 28.2 Å². The Balaban J connectivity index is 1.58. The monoisotopic (exact) mass is 237 g/mol. The highest BCUT2D eigenvalue weighted by Crippen LogP contribution is 2.07. The average molecular weight is 237 g/mol. The van der Waals surface area contributed by atoms with Gasteiger partial charge in [-0.25, -0.2) is 0 Å². The van der Waals surface area contributed by atoms with E-state index >= 15 is 0 Å². The summed E-state index contributed by atoms with van der Waals surface area (Å²) >= 11 is 2.07. The van der Waals surface area contributed by atoms with Crippen LogP contribution in [0.1, 0.15) is 5.56 Å². The van der Waals surface area contributed by atoms with E-state index in [1.807, 2.05) is 12.4 Å². The number of pyridine rings is 1. The molecule has 0 amide bonds. The SMILES string of the molecule is c1cc(CNCCN2CCSCC2)ccn1. The van der Waals surface area contributed by atoms with Crippen molar-refractivity contribution in [1.82, 2.24) is 15.2 Å². The van der Waals surface area contributed by atoms with Crippen LogP contribution in [0.15, 0.2) is 24.5 Å². The summed E-state index contributed by atoms with van der Waals surface area (Å²) in [4.78, 5) is 6.55. The van der Waals surface area contributed by atoms with Crippen molar-refractivity contribution in [3.05, 3.63) is 30.1 Å². The van der Waals surface area contributed by atoms with Gasteiger partial charge in [0.1, 0.15) is 0 Å². The molecule has 1 aromatic rings. The molecule has 3 nitrogen and oxygen atoms in total. The molecule has 0 atom stereocenters. The summed E-state index contributed by atoms with van der Waals surface area (Å²) in [6, 6.07) is 4.12. The van der Waals surface area contributed by atoms with Crippen LogP contribution in [0.4, 0.5) is 0 Å². The summed E-state index contributed by atoms with van der Waals surface area (Å²) in [6.07, 6.45) is 3.69. The minimum absolute atomic E-state index is 0.950. The average Bonchev–Trinajstić information content (AvgIpc) is 2.37. The largest absolute Gasteiger partial charge is 0.311 e. The maximum absolute atomic E-state index is 4.01. The Hall–Kier alpha value is -0.580. The second-order valence-corrected chi connectivity index (χ2v) is 5.21. The van der Waals surface area contributed by atoms with Crippen LogP contribution in [0, 0.1) is 0 Å². The molecular weight excluding hydrogens is 218 g/mol. The molecule has 1 N–H and O–H groups in total. The molecule has 2 heterocycles. The first-order valence-corrected chi connectivity index (χ1v) is 7.00. The number of hydrogen-bond donors (Lipinski definition) is 1. The Labute approximate surface area is 102 Å². The van der Waals surface area contributed by atoms with Gasteiger partial charge in [0.2, 0.25) is 0 Å². The predicted molar refractivity (Wildman–Crippen MR) is 69.7 cm³/mol. The molecule has 1 fully saturated rings. The molecule has 0 bridgehead atoms. The minimum Gasteiger partial charge on any atom is -0.311 e. The third kappa shape index (κ3) is 4.12. The van der Waals surface area contributed by atoms with Crippen LogP contribution in [0.25, 0.3) is 0 Å². The summed E-state index contributed by atoms with van der Waals surface area (Å²) in [5, 5.41) is 3.47. The quantitative estimate of drug-likeness (QED) is 0.780. The lowest BCUT2D eigenvalue weighted by Crippen LogP contribution is -2.37. The van der Waals surface area contributed by atoms with Crippen LogP contribution in [0.5, 0.6) is 0 Å². The van der Waals surface area contributed by atoms with Crippen LogP contribution in [0.3, 0.4) is 0 Å². The van der Waals surface area contributed by atoms with Gasteiger partial charge in [0.15, 0.2) is 0 Å². The number of nitrogens with one attached hydrogen (secondary N) is 1. The van der Waals surface area contributed by atoms with Gasteiger partial charge in [-0.05, 0) is 17.7 Å². The Morgan fingerprint density at radius 3 is 2.75 bits per heavy atom. The van der Waals surface area contributed by atoms with Crippen LogP contribution in [-0.2, 0) is 6.54 Å². The number of aromatic nitrogens is 1. The summed E-state index contributed by atoms with van der Waals surface area (Å²) < 4.78 is 0. The van der Waals surface area contributed by atoms with Gasteiger partial charge in [-0.3, -0.25) is 4.98 Å². The maximum atomic E-state index is 4.01. The van der Waals surface area contributed by atoms with Gasteiger partial charge in [-0.2, -0.15) is 11.8 Å². The standard InChI is InChI=1S/C12H19N3S/c1-3-13-4-2-12(1)11-14-5-6-15-7-9-16-10-8-15/h1-4,14H,5-11H2. The van der Waals surface area contributed by atoms with E-state index in [4.69, 9.17) is 0 Å². The zero-order valence-corrected chi connectivity index (χ0v) is 10.4. The fourth-order valence-corrected chi connectivity index (χ4v) is 2.77. The molecule has 0 unspecified atom stereocenters. The van der Waals surface area contributed by atoms with Gasteiger partial charge in [-0.15, -0.1) is 0 Å². The summed E-state index contributed by atoms with van der Waals surface area (Å²) in [7, 11) is 0. The van der Waals surface area contributed by atoms with Crippen LogP contribution in [0.2, 0.25) is 0 Å². The van der Waals surface area contributed by atoms with Gasteiger partial charge < -0.3 is 10.2 Å². The zero-order chi connectivity index (χ0) is 11.1. The van der Waals surface area contributed by atoms with E-state index in [1.165, 1.54) is 36.7 Å². The Bertz CT molecular complexity index is 286. The first-order valence-electron chi connectivity index (χ1n) is 5.85. The molecular formula is C12H19N3S. The summed E-state index contributed by atoms with van der Waals surface area (Å²) in [6.45, 7) is 5.70. The Kier molecular flexibility index (Phi) is 5.12. The summed E-state index contributed by atoms with van der Waals surface area (Å²) in [5.74, 6) is 2.59. The van der Waals surface area contributed by atoms with E-state index in [-0.39, 0.29) is 0 Å². The van der Waals surface area contributed by atoms with Gasteiger partial charge in [0.05, 0.1) is 0 Å². The van der Waals surface area contributed by atoms with Crippen molar-refractivity contribution in [2.45, 2.75) is 6.54 Å². The van der Waals surface area contributed by atoms with E-state index in [2.05, 4.69) is 39.1 Å². The lowest BCUT2D eigenvalue weighted by Gasteiger charge is -2.26. The lowest BCUT2D eigenvalue weighted by atomic mass is 10.3. The molecule has 1 aromatic heterocycles. The molecule has 0 aromatic carbocycles. The van der Waals surface area contributed by atoms with Gasteiger partial charge >= 0.3 is 0 Å². The number of thioether (sulfide) groups is 1. The van der Waals surface area contributed by atoms with E-state index in [1.54, 1.807) is 0 Å². The number of hydrogen-bond acceptors (Lipinski definition) is 4. The highest BCUT2D eigenvalue weighted by molar-refractivity contribution is 7.99. The Morgan fingerprint density at radius 1 is 1.25 bits per heavy atom. The fourth-order valence-electron chi connectivity index (χ4n) is 1.80. The highest BCUT2D eigenvalue weighted by atomic mass is 32.2. The molecule has 0 aliphatic carbocycles. The zero-order valence-electron chi connectivity index (χ0n) is 9.56. The fraction of sp³-hybridized carbons (Fsp3) is 0.583. The lowest BCUT2D eigenvalue weighted by molar-refractivity contribution is 0.301. The number of nitrogens with zero attached hydrogens (tertiary/aromatic N) is 2. The molecule has 1 aliphatic heterocycles. The van der Waals surface area contributed by atoms with Crippen molar-refractivity contribution in [3.8, 4) is 0 Å². The van der Waals surface area contributed by atoms with E-state index in [9.17, 15) is 0 Å². The second-order valence-electron chi connectivity index (χ2n) is 3.99. The van der Waals surface area contributed by atoms with Crippen molar-refractivity contribution in [1.29, 1.82) is 0 Å². The van der Waals surface area contributed by atoms with Crippen LogP contribution in [-0.4, -0.2) is 47.6 Å². The van der Waals surface area contributed by atoms with E-state index in [0.717, 1.165) is 13.1 Å². The second kappa shape index (κ2) is 6.89. The molecule has 4 heteroatoms. The molecule has 16 heavy (non-hydrogen) atoms. The Morgan fingerprint density at radius 2 is 2.00 bits per heavy atom. The third-order valence-electron chi connectivity index (χ3n) is 2.79. The smallest absolute Gasteiger partial charge is 0.0271 e. The molecule has 0 spiro atoms. The van der Waals surface area contributed by atoms with Gasteiger partial charge in [0.25, 0.3) is 0 Å². The molecule has 88 valence electrons. The van der Waals surface area contributed by atoms with Crippen LogP contribution < -0.4 is 5.32 Å². The van der Waals surface area contributed by atoms with Gasteiger partial charge in [0, 0.05) is 56.6 Å².